The number of rotatable bonds is 0. The second-order valence-electron chi connectivity index (χ2n) is 2.38. The van der Waals surface area contributed by atoms with E-state index in [1.165, 1.54) is 6.07 Å². The fourth-order valence-corrected chi connectivity index (χ4v) is 0.898. The highest BCUT2D eigenvalue weighted by Gasteiger charge is 2.03. The molecule has 0 aliphatic heterocycles. The van der Waals surface area contributed by atoms with Crippen LogP contribution in [0.2, 0.25) is 0 Å². The Morgan fingerprint density at radius 1 is 1.00 bits per heavy atom. The fourth-order valence-electron chi connectivity index (χ4n) is 0.898. The normalized spacial score (nSPS) is 8.83. The molecule has 0 spiro atoms. The molecule has 0 bridgehead atoms. The Kier molecular flexibility index (Phi) is 4.49. The van der Waals surface area contributed by atoms with Crippen molar-refractivity contribution < 1.29 is 8.78 Å². The minimum absolute atomic E-state index is 0.359. The highest BCUT2D eigenvalue weighted by atomic mass is 19.2. The third-order valence-corrected chi connectivity index (χ3v) is 1.35. The number of aryl methyl sites for hydroxylation is 2. The third-order valence-electron chi connectivity index (χ3n) is 1.35. The molecule has 0 fully saturated rings. The second kappa shape index (κ2) is 4.86. The van der Waals surface area contributed by atoms with Crippen LogP contribution < -0.4 is 0 Å². The second-order valence-corrected chi connectivity index (χ2v) is 2.38. The fraction of sp³-hybridized carbons (Fsp3) is 0.400. The van der Waals surface area contributed by atoms with Crippen LogP contribution in [0, 0.1) is 25.5 Å². The van der Waals surface area contributed by atoms with Gasteiger partial charge in [-0.15, -0.1) is 0 Å². The van der Waals surface area contributed by atoms with Crippen molar-refractivity contribution in [3.05, 3.63) is 34.9 Å². The summed E-state index contributed by atoms with van der Waals surface area (Å²) in [6, 6.07) is 2.79. The molecule has 0 atom stereocenters. The third kappa shape index (κ3) is 2.61. The van der Waals surface area contributed by atoms with E-state index in [1.54, 1.807) is 19.9 Å². The van der Waals surface area contributed by atoms with Gasteiger partial charge in [-0.25, -0.2) is 8.78 Å². The molecule has 12 heavy (non-hydrogen) atoms. The monoisotopic (exact) mass is 172 g/mol. The predicted molar refractivity (Wildman–Crippen MR) is 47.2 cm³/mol. The van der Waals surface area contributed by atoms with Gasteiger partial charge in [-0.2, -0.15) is 0 Å². The van der Waals surface area contributed by atoms with Gasteiger partial charge < -0.3 is 0 Å². The zero-order chi connectivity index (χ0) is 9.72. The first-order valence-corrected chi connectivity index (χ1v) is 4.03. The van der Waals surface area contributed by atoms with Crippen molar-refractivity contribution in [3.8, 4) is 0 Å². The van der Waals surface area contributed by atoms with Crippen LogP contribution in [0.25, 0.3) is 0 Å². The lowest BCUT2D eigenvalue weighted by Crippen LogP contribution is -1.89. The number of hydrogen-bond donors (Lipinski definition) is 0. The predicted octanol–water partition coefficient (Wildman–Crippen LogP) is 3.61. The lowest BCUT2D eigenvalue weighted by atomic mass is 10.1. The first-order valence-electron chi connectivity index (χ1n) is 4.03. The molecule has 68 valence electrons. The summed E-state index contributed by atoms with van der Waals surface area (Å²) >= 11 is 0. The van der Waals surface area contributed by atoms with Gasteiger partial charge in [0.15, 0.2) is 11.6 Å². The number of benzene rings is 1. The van der Waals surface area contributed by atoms with E-state index in [1.807, 2.05) is 13.8 Å². The van der Waals surface area contributed by atoms with Crippen LogP contribution >= 0.6 is 0 Å². The average Bonchev–Trinajstić information content (AvgIpc) is 2.04. The van der Waals surface area contributed by atoms with E-state index in [0.717, 1.165) is 5.56 Å². The minimum atomic E-state index is -0.766. The summed E-state index contributed by atoms with van der Waals surface area (Å²) in [4.78, 5) is 0. The SMILES string of the molecule is CC.Cc1cc(C)c(F)c(F)c1. The van der Waals surface area contributed by atoms with Crippen molar-refractivity contribution >= 4 is 0 Å². The van der Waals surface area contributed by atoms with Gasteiger partial charge in [-0.3, -0.25) is 0 Å². The van der Waals surface area contributed by atoms with Crippen LogP contribution in [0.5, 0.6) is 0 Å². The quantitative estimate of drug-likeness (QED) is 0.560. The van der Waals surface area contributed by atoms with Crippen LogP contribution in [-0.2, 0) is 0 Å². The van der Waals surface area contributed by atoms with Crippen LogP contribution in [0.15, 0.2) is 12.1 Å². The maximum absolute atomic E-state index is 12.5. The van der Waals surface area contributed by atoms with Gasteiger partial charge in [-0.1, -0.05) is 19.9 Å². The molecule has 1 aromatic rings. The lowest BCUT2D eigenvalue weighted by molar-refractivity contribution is 0.502. The van der Waals surface area contributed by atoms with Crippen molar-refractivity contribution in [2.75, 3.05) is 0 Å². The summed E-state index contributed by atoms with van der Waals surface area (Å²) in [5.74, 6) is -1.51. The molecule has 0 amide bonds. The van der Waals surface area contributed by atoms with Crippen LogP contribution in [0.3, 0.4) is 0 Å². The molecule has 0 aliphatic rings. The van der Waals surface area contributed by atoms with Gasteiger partial charge in [0.1, 0.15) is 0 Å². The standard InChI is InChI=1S/C8H8F2.C2H6/c1-5-3-6(2)8(10)7(9)4-5;1-2/h3-4H,1-2H3;1-2H3. The molecule has 0 nitrogen and oxygen atoms in total. The van der Waals surface area contributed by atoms with E-state index >= 15 is 0 Å². The number of halogens is 2. The van der Waals surface area contributed by atoms with Crippen LogP contribution in [-0.4, -0.2) is 0 Å². The Balaban J connectivity index is 0.000000561. The van der Waals surface area contributed by atoms with Crippen molar-refractivity contribution in [1.82, 2.24) is 0 Å². The summed E-state index contributed by atoms with van der Waals surface area (Å²) in [7, 11) is 0. The average molecular weight is 172 g/mol. The first-order chi connectivity index (χ1) is 5.61. The van der Waals surface area contributed by atoms with Gasteiger partial charge in [0.25, 0.3) is 0 Å². The zero-order valence-corrected chi connectivity index (χ0v) is 7.91. The maximum Gasteiger partial charge on any atom is 0.161 e. The molecule has 0 radical (unpaired) electrons. The summed E-state index contributed by atoms with van der Waals surface area (Å²) in [6.07, 6.45) is 0. The molecular formula is C10H14F2. The summed E-state index contributed by atoms with van der Waals surface area (Å²) in [5.41, 5.74) is 1.11. The van der Waals surface area contributed by atoms with Gasteiger partial charge >= 0.3 is 0 Å². The van der Waals surface area contributed by atoms with Gasteiger partial charge in [0.2, 0.25) is 0 Å². The lowest BCUT2D eigenvalue weighted by Gasteiger charge is -1.98. The molecule has 1 aromatic carbocycles. The molecule has 0 aromatic heterocycles. The molecule has 0 aliphatic carbocycles. The molecular weight excluding hydrogens is 158 g/mol. The van der Waals surface area contributed by atoms with E-state index in [2.05, 4.69) is 0 Å². The van der Waals surface area contributed by atoms with E-state index in [4.69, 9.17) is 0 Å². The molecule has 0 saturated carbocycles. The van der Waals surface area contributed by atoms with Crippen molar-refractivity contribution in [2.45, 2.75) is 27.7 Å². The molecule has 0 N–H and O–H groups in total. The summed E-state index contributed by atoms with van der Waals surface area (Å²) in [6.45, 7) is 7.28. The van der Waals surface area contributed by atoms with Gasteiger partial charge in [0.05, 0.1) is 0 Å². The Morgan fingerprint density at radius 2 is 1.50 bits per heavy atom. The first kappa shape index (κ1) is 11.1. The largest absolute Gasteiger partial charge is 0.204 e. The Morgan fingerprint density at radius 3 is 1.92 bits per heavy atom. The van der Waals surface area contributed by atoms with E-state index in [9.17, 15) is 8.78 Å². The van der Waals surface area contributed by atoms with Crippen molar-refractivity contribution in [3.63, 3.8) is 0 Å². The van der Waals surface area contributed by atoms with Crippen molar-refractivity contribution in [2.24, 2.45) is 0 Å². The van der Waals surface area contributed by atoms with Gasteiger partial charge in [-0.05, 0) is 31.0 Å². The highest BCUT2D eigenvalue weighted by Crippen LogP contribution is 2.12. The molecule has 0 unspecified atom stereocenters. The maximum atomic E-state index is 12.5. The molecule has 0 heterocycles. The molecule has 0 saturated heterocycles. The number of hydrogen-bond acceptors (Lipinski definition) is 0. The Labute approximate surface area is 72.2 Å². The Bertz CT molecular complexity index is 231. The Hall–Kier alpha value is -0.920. The van der Waals surface area contributed by atoms with E-state index in [0.29, 0.717) is 5.56 Å². The van der Waals surface area contributed by atoms with Crippen LogP contribution in [0.1, 0.15) is 25.0 Å². The highest BCUT2D eigenvalue weighted by molar-refractivity contribution is 5.23. The molecule has 1 rings (SSSR count). The topological polar surface area (TPSA) is 0 Å². The molecule has 2 heteroatoms. The summed E-state index contributed by atoms with van der Waals surface area (Å²) in [5, 5.41) is 0. The van der Waals surface area contributed by atoms with Crippen LogP contribution in [0.4, 0.5) is 8.78 Å². The zero-order valence-electron chi connectivity index (χ0n) is 7.91. The van der Waals surface area contributed by atoms with Gasteiger partial charge in [0, 0.05) is 0 Å². The van der Waals surface area contributed by atoms with Crippen molar-refractivity contribution in [1.29, 1.82) is 0 Å². The smallest absolute Gasteiger partial charge is 0.161 e. The van der Waals surface area contributed by atoms with E-state index in [-0.39, 0.29) is 0 Å². The summed E-state index contributed by atoms with van der Waals surface area (Å²) < 4.78 is 25.0. The van der Waals surface area contributed by atoms with E-state index < -0.39 is 11.6 Å². The minimum Gasteiger partial charge on any atom is -0.204 e.